The minimum atomic E-state index is -1.15. The van der Waals surface area contributed by atoms with Crippen LogP contribution in [-0.4, -0.2) is 34.5 Å². The third-order valence-corrected chi connectivity index (χ3v) is 3.07. The van der Waals surface area contributed by atoms with Crippen molar-refractivity contribution in [1.82, 2.24) is 5.32 Å². The minimum absolute atomic E-state index is 0.0297. The Morgan fingerprint density at radius 2 is 2.25 bits per heavy atom. The number of hydrogen-bond acceptors (Lipinski definition) is 5. The van der Waals surface area contributed by atoms with Gasteiger partial charge in [-0.3, -0.25) is 14.9 Å². The van der Waals surface area contributed by atoms with E-state index in [0.717, 1.165) is 6.07 Å². The number of nitrogens with one attached hydrogen (secondary N) is 2. The Bertz CT molecular complexity index is 562. The van der Waals surface area contributed by atoms with Crippen LogP contribution in [0.4, 0.5) is 11.4 Å². The normalized spacial score (nSPS) is 18.2. The lowest BCUT2D eigenvalue weighted by molar-refractivity contribution is -0.384. The molecule has 1 atom stereocenters. The van der Waals surface area contributed by atoms with Crippen LogP contribution in [0, 0.1) is 10.1 Å². The first-order chi connectivity index (χ1) is 9.47. The fraction of sp³-hybridized carbons (Fsp3) is 0.333. The largest absolute Gasteiger partial charge is 0.478 e. The number of nitrogens with zero attached hydrogens (tertiary/aromatic N) is 1. The Balaban J connectivity index is 2.23. The van der Waals surface area contributed by atoms with Gasteiger partial charge in [-0.15, -0.1) is 0 Å². The zero-order valence-corrected chi connectivity index (χ0v) is 10.5. The Labute approximate surface area is 113 Å². The third-order valence-electron chi connectivity index (χ3n) is 3.07. The van der Waals surface area contributed by atoms with E-state index in [9.17, 15) is 19.7 Å². The summed E-state index contributed by atoms with van der Waals surface area (Å²) in [5, 5.41) is 25.4. The van der Waals surface area contributed by atoms with E-state index in [1.54, 1.807) is 0 Å². The van der Waals surface area contributed by atoms with E-state index in [-0.39, 0.29) is 28.9 Å². The first kappa shape index (κ1) is 13.8. The van der Waals surface area contributed by atoms with E-state index in [0.29, 0.717) is 19.4 Å². The number of carbonyl (C=O) groups excluding carboxylic acids is 1. The lowest BCUT2D eigenvalue weighted by Gasteiger charge is -2.24. The van der Waals surface area contributed by atoms with Crippen LogP contribution in [0.25, 0.3) is 0 Å². The zero-order chi connectivity index (χ0) is 14.7. The number of carboxylic acids is 1. The standard InChI is InChI=1S/C12H13N3O5/c16-11-4-2-8(6-13-11)14-9-5-7(12(17)18)1-3-10(9)15(19)20/h1,3,5,8,14H,2,4,6H2,(H,13,16)(H,17,18). The number of rotatable bonds is 4. The Kier molecular flexibility index (Phi) is 3.83. The van der Waals surface area contributed by atoms with E-state index < -0.39 is 10.9 Å². The molecule has 20 heavy (non-hydrogen) atoms. The molecule has 8 nitrogen and oxygen atoms in total. The van der Waals surface area contributed by atoms with Crippen molar-refractivity contribution in [3.05, 3.63) is 33.9 Å². The summed E-state index contributed by atoms with van der Waals surface area (Å²) in [5.41, 5.74) is -0.0686. The van der Waals surface area contributed by atoms with Crippen molar-refractivity contribution in [3.63, 3.8) is 0 Å². The van der Waals surface area contributed by atoms with Crippen LogP contribution in [-0.2, 0) is 4.79 Å². The molecular weight excluding hydrogens is 266 g/mol. The molecule has 0 spiro atoms. The molecule has 1 heterocycles. The van der Waals surface area contributed by atoms with Gasteiger partial charge in [0.2, 0.25) is 5.91 Å². The number of aromatic carboxylic acids is 1. The maximum atomic E-state index is 11.1. The molecule has 0 radical (unpaired) electrons. The van der Waals surface area contributed by atoms with E-state index >= 15 is 0 Å². The molecule has 3 N–H and O–H groups in total. The Morgan fingerprint density at radius 3 is 2.80 bits per heavy atom. The van der Waals surface area contributed by atoms with Crippen LogP contribution in [0.1, 0.15) is 23.2 Å². The van der Waals surface area contributed by atoms with Crippen molar-refractivity contribution in [2.24, 2.45) is 0 Å². The second-order valence-corrected chi connectivity index (χ2v) is 4.48. The van der Waals surface area contributed by atoms with Gasteiger partial charge >= 0.3 is 5.97 Å². The van der Waals surface area contributed by atoms with Crippen LogP contribution in [0.3, 0.4) is 0 Å². The van der Waals surface area contributed by atoms with E-state index in [4.69, 9.17) is 5.11 Å². The van der Waals surface area contributed by atoms with Gasteiger partial charge in [-0.05, 0) is 18.6 Å². The average molecular weight is 279 g/mol. The van der Waals surface area contributed by atoms with Gasteiger partial charge in [0.25, 0.3) is 5.69 Å². The van der Waals surface area contributed by atoms with Crippen LogP contribution in [0.5, 0.6) is 0 Å². The number of nitro groups is 1. The van der Waals surface area contributed by atoms with Crippen LogP contribution < -0.4 is 10.6 Å². The Morgan fingerprint density at radius 1 is 1.50 bits per heavy atom. The molecule has 0 aromatic heterocycles. The van der Waals surface area contributed by atoms with Gasteiger partial charge in [-0.2, -0.15) is 0 Å². The molecule has 1 fully saturated rings. The fourth-order valence-electron chi connectivity index (χ4n) is 2.02. The molecule has 1 saturated heterocycles. The first-order valence-electron chi connectivity index (χ1n) is 6.02. The van der Waals surface area contributed by atoms with Crippen LogP contribution in [0.15, 0.2) is 18.2 Å². The Hall–Kier alpha value is -2.64. The van der Waals surface area contributed by atoms with Gasteiger partial charge in [-0.25, -0.2) is 4.79 Å². The van der Waals surface area contributed by atoms with Gasteiger partial charge in [0.05, 0.1) is 10.5 Å². The van der Waals surface area contributed by atoms with Gasteiger partial charge in [0.1, 0.15) is 5.69 Å². The van der Waals surface area contributed by atoms with Crippen molar-refractivity contribution < 1.29 is 19.6 Å². The van der Waals surface area contributed by atoms with Gasteiger partial charge < -0.3 is 15.7 Å². The molecule has 8 heteroatoms. The number of anilines is 1. The number of piperidine rings is 1. The maximum absolute atomic E-state index is 11.1. The zero-order valence-electron chi connectivity index (χ0n) is 10.5. The smallest absolute Gasteiger partial charge is 0.335 e. The predicted molar refractivity (Wildman–Crippen MR) is 69.7 cm³/mol. The van der Waals surface area contributed by atoms with Crippen molar-refractivity contribution in [2.45, 2.75) is 18.9 Å². The number of amides is 1. The molecule has 1 aromatic rings. The molecule has 2 rings (SSSR count). The van der Waals surface area contributed by atoms with Crippen LogP contribution >= 0.6 is 0 Å². The highest BCUT2D eigenvalue weighted by Crippen LogP contribution is 2.27. The van der Waals surface area contributed by atoms with Gasteiger partial charge in [-0.1, -0.05) is 0 Å². The number of nitro benzene ring substituents is 1. The molecule has 1 amide bonds. The summed E-state index contributed by atoms with van der Waals surface area (Å²) in [5.74, 6) is -1.21. The summed E-state index contributed by atoms with van der Waals surface area (Å²) >= 11 is 0. The van der Waals surface area contributed by atoms with E-state index in [2.05, 4.69) is 10.6 Å². The summed E-state index contributed by atoms with van der Waals surface area (Å²) in [7, 11) is 0. The molecule has 1 aliphatic heterocycles. The van der Waals surface area contributed by atoms with Crippen molar-refractivity contribution in [3.8, 4) is 0 Å². The molecule has 0 bridgehead atoms. The highest BCUT2D eigenvalue weighted by molar-refractivity contribution is 5.90. The molecule has 1 unspecified atom stereocenters. The van der Waals surface area contributed by atoms with Crippen LogP contribution in [0.2, 0.25) is 0 Å². The lowest BCUT2D eigenvalue weighted by atomic mass is 10.1. The predicted octanol–water partition coefficient (Wildman–Crippen LogP) is 0.983. The number of benzene rings is 1. The number of carbonyl (C=O) groups is 2. The molecule has 106 valence electrons. The second-order valence-electron chi connectivity index (χ2n) is 4.48. The maximum Gasteiger partial charge on any atom is 0.335 e. The number of carboxylic acid groups (broad SMARTS) is 1. The van der Waals surface area contributed by atoms with Gasteiger partial charge in [0, 0.05) is 25.1 Å². The third kappa shape index (κ3) is 3.02. The SMILES string of the molecule is O=C1CCC(Nc2cc(C(=O)O)ccc2[N+](=O)[O-])CN1. The summed E-state index contributed by atoms with van der Waals surface area (Å²) < 4.78 is 0. The number of hydrogen-bond donors (Lipinski definition) is 3. The molecule has 1 aromatic carbocycles. The van der Waals surface area contributed by atoms with Crippen molar-refractivity contribution >= 4 is 23.3 Å². The van der Waals surface area contributed by atoms with E-state index in [1.807, 2.05) is 0 Å². The van der Waals surface area contributed by atoms with E-state index in [1.165, 1.54) is 12.1 Å². The first-order valence-corrected chi connectivity index (χ1v) is 6.02. The van der Waals surface area contributed by atoms with Gasteiger partial charge in [0.15, 0.2) is 0 Å². The molecular formula is C12H13N3O5. The topological polar surface area (TPSA) is 122 Å². The highest BCUT2D eigenvalue weighted by atomic mass is 16.6. The summed E-state index contributed by atoms with van der Waals surface area (Å²) in [6.07, 6.45) is 0.879. The molecule has 1 aliphatic rings. The monoisotopic (exact) mass is 279 g/mol. The summed E-state index contributed by atoms with van der Waals surface area (Å²) in [4.78, 5) is 32.3. The summed E-state index contributed by atoms with van der Waals surface area (Å²) in [6, 6.07) is 3.42. The summed E-state index contributed by atoms with van der Waals surface area (Å²) in [6.45, 7) is 0.354. The van der Waals surface area contributed by atoms with Crippen molar-refractivity contribution in [1.29, 1.82) is 0 Å². The molecule has 0 aliphatic carbocycles. The fourth-order valence-corrected chi connectivity index (χ4v) is 2.02. The molecule has 0 saturated carbocycles. The minimum Gasteiger partial charge on any atom is -0.478 e. The second kappa shape index (κ2) is 5.55. The quantitative estimate of drug-likeness (QED) is 0.558. The average Bonchev–Trinajstić information content (AvgIpc) is 2.41. The lowest BCUT2D eigenvalue weighted by Crippen LogP contribution is -2.42. The highest BCUT2D eigenvalue weighted by Gasteiger charge is 2.22. The van der Waals surface area contributed by atoms with Crippen molar-refractivity contribution in [2.75, 3.05) is 11.9 Å².